The van der Waals surface area contributed by atoms with E-state index in [-0.39, 0.29) is 11.6 Å². The molecule has 1 aromatic rings. The molecule has 3 heteroatoms. The zero-order valence-electron chi connectivity index (χ0n) is 10.9. The van der Waals surface area contributed by atoms with Gasteiger partial charge in [-0.2, -0.15) is 0 Å². The molecule has 0 bridgehead atoms. The normalized spacial score (nSPS) is 20.2. The highest BCUT2D eigenvalue weighted by Crippen LogP contribution is 2.22. The molecule has 1 fully saturated rings. The number of hydrogen-bond acceptors (Lipinski definition) is 2. The molecule has 1 heterocycles. The predicted molar refractivity (Wildman–Crippen MR) is 69.7 cm³/mol. The Morgan fingerprint density at radius 1 is 1.39 bits per heavy atom. The average Bonchev–Trinajstić information content (AvgIpc) is 2.77. The van der Waals surface area contributed by atoms with Crippen LogP contribution >= 0.6 is 0 Å². The number of nitrogens with zero attached hydrogens (tertiary/aromatic N) is 1. The summed E-state index contributed by atoms with van der Waals surface area (Å²) in [5, 5.41) is 0. The van der Waals surface area contributed by atoms with Crippen molar-refractivity contribution in [3.8, 4) is 0 Å². The fourth-order valence-corrected chi connectivity index (χ4v) is 2.55. The number of benzene rings is 1. The summed E-state index contributed by atoms with van der Waals surface area (Å²) < 4.78 is 12.8. The molecule has 0 radical (unpaired) electrons. The molecule has 0 aromatic heterocycles. The number of Topliss-reactive ketones (excluding diaryl/α,β-unsaturated/α-hetero) is 1. The van der Waals surface area contributed by atoms with Crippen LogP contribution in [0.4, 0.5) is 4.39 Å². The Labute approximate surface area is 108 Å². The maximum atomic E-state index is 12.8. The van der Waals surface area contributed by atoms with Crippen LogP contribution in [0.1, 0.15) is 31.7 Å². The number of carbonyl (C=O) groups is 1. The van der Waals surface area contributed by atoms with Gasteiger partial charge in [0.05, 0.1) is 0 Å². The first-order valence-electron chi connectivity index (χ1n) is 6.60. The lowest BCUT2D eigenvalue weighted by Crippen LogP contribution is -2.20. The van der Waals surface area contributed by atoms with Gasteiger partial charge in [-0.1, -0.05) is 12.1 Å². The van der Waals surface area contributed by atoms with Crippen molar-refractivity contribution in [3.05, 3.63) is 35.6 Å². The molecule has 0 N–H and O–H groups in total. The van der Waals surface area contributed by atoms with Gasteiger partial charge in [0.15, 0.2) is 0 Å². The molecule has 1 atom stereocenters. The van der Waals surface area contributed by atoms with E-state index >= 15 is 0 Å². The molecule has 1 saturated heterocycles. The zero-order valence-corrected chi connectivity index (χ0v) is 10.9. The molecular formula is C15H20FNO. The maximum absolute atomic E-state index is 12.8. The second-order valence-corrected chi connectivity index (χ2v) is 5.26. The lowest BCUT2D eigenvalue weighted by Gasteiger charge is -2.15. The first-order chi connectivity index (χ1) is 8.63. The Balaban J connectivity index is 1.78. The summed E-state index contributed by atoms with van der Waals surface area (Å²) in [6.45, 7) is 4.69. The van der Waals surface area contributed by atoms with Crippen LogP contribution in [0.25, 0.3) is 0 Å². The third-order valence-corrected chi connectivity index (χ3v) is 3.59. The van der Waals surface area contributed by atoms with Crippen LogP contribution in [0, 0.1) is 11.7 Å². The van der Waals surface area contributed by atoms with Crippen molar-refractivity contribution in [2.24, 2.45) is 5.92 Å². The lowest BCUT2D eigenvalue weighted by atomic mass is 10.0. The summed E-state index contributed by atoms with van der Waals surface area (Å²) in [7, 11) is 0. The second kappa shape index (κ2) is 6.10. The van der Waals surface area contributed by atoms with E-state index in [1.165, 1.54) is 18.6 Å². The van der Waals surface area contributed by atoms with Gasteiger partial charge in [-0.3, -0.25) is 4.90 Å². The molecule has 0 aliphatic carbocycles. The first kappa shape index (κ1) is 13.2. The summed E-state index contributed by atoms with van der Waals surface area (Å²) in [5.74, 6) is 0.751. The van der Waals surface area contributed by atoms with Crippen LogP contribution in [0.15, 0.2) is 24.3 Å². The van der Waals surface area contributed by atoms with Gasteiger partial charge in [-0.15, -0.1) is 0 Å². The molecule has 2 nitrogen and oxygen atoms in total. The number of carbonyl (C=O) groups excluding carboxylic acids is 1. The van der Waals surface area contributed by atoms with Crippen LogP contribution < -0.4 is 0 Å². The monoisotopic (exact) mass is 249 g/mol. The molecule has 0 saturated carbocycles. The number of ketones is 1. The minimum atomic E-state index is -0.181. The van der Waals surface area contributed by atoms with Gasteiger partial charge >= 0.3 is 0 Å². The molecule has 1 aliphatic rings. The van der Waals surface area contributed by atoms with Crippen LogP contribution in [-0.4, -0.2) is 23.8 Å². The van der Waals surface area contributed by atoms with Gasteiger partial charge in [0.25, 0.3) is 0 Å². The van der Waals surface area contributed by atoms with Crippen molar-refractivity contribution >= 4 is 5.78 Å². The first-order valence-corrected chi connectivity index (χ1v) is 6.60. The Kier molecular flexibility index (Phi) is 4.48. The summed E-state index contributed by atoms with van der Waals surface area (Å²) in [6, 6.07) is 6.72. The molecular weight excluding hydrogens is 229 g/mol. The van der Waals surface area contributed by atoms with Crippen molar-refractivity contribution in [1.29, 1.82) is 0 Å². The molecule has 98 valence electrons. The van der Waals surface area contributed by atoms with Gasteiger partial charge in [0, 0.05) is 19.5 Å². The quantitative estimate of drug-likeness (QED) is 0.799. The van der Waals surface area contributed by atoms with E-state index in [1.54, 1.807) is 6.92 Å². The van der Waals surface area contributed by atoms with Gasteiger partial charge in [-0.05, 0) is 49.9 Å². The SMILES string of the molecule is CC(=O)CCC1CCN(Cc2ccc(F)cc2)C1. The van der Waals surface area contributed by atoms with Crippen molar-refractivity contribution < 1.29 is 9.18 Å². The van der Waals surface area contributed by atoms with E-state index in [2.05, 4.69) is 4.90 Å². The van der Waals surface area contributed by atoms with Crippen LogP contribution in [0.5, 0.6) is 0 Å². The third kappa shape index (κ3) is 3.91. The molecule has 1 aromatic carbocycles. The molecule has 18 heavy (non-hydrogen) atoms. The fourth-order valence-electron chi connectivity index (χ4n) is 2.55. The molecule has 2 rings (SSSR count). The lowest BCUT2D eigenvalue weighted by molar-refractivity contribution is -0.117. The minimum Gasteiger partial charge on any atom is -0.300 e. The van der Waals surface area contributed by atoms with Gasteiger partial charge in [0.2, 0.25) is 0 Å². The Morgan fingerprint density at radius 3 is 2.78 bits per heavy atom. The zero-order chi connectivity index (χ0) is 13.0. The molecule has 0 spiro atoms. The van der Waals surface area contributed by atoms with Gasteiger partial charge in [0.1, 0.15) is 11.6 Å². The van der Waals surface area contributed by atoms with Crippen molar-refractivity contribution in [2.75, 3.05) is 13.1 Å². The van der Waals surface area contributed by atoms with Crippen molar-refractivity contribution in [1.82, 2.24) is 4.90 Å². The highest BCUT2D eigenvalue weighted by molar-refractivity contribution is 5.75. The van der Waals surface area contributed by atoms with E-state index in [4.69, 9.17) is 0 Å². The molecule has 0 amide bonds. The summed E-state index contributed by atoms with van der Waals surface area (Å²) in [5.41, 5.74) is 1.16. The minimum absolute atomic E-state index is 0.181. The van der Waals surface area contributed by atoms with E-state index in [0.717, 1.165) is 31.6 Å². The van der Waals surface area contributed by atoms with E-state index in [1.807, 2.05) is 12.1 Å². The Morgan fingerprint density at radius 2 is 2.11 bits per heavy atom. The maximum Gasteiger partial charge on any atom is 0.129 e. The van der Waals surface area contributed by atoms with Gasteiger partial charge < -0.3 is 4.79 Å². The summed E-state index contributed by atoms with van der Waals surface area (Å²) in [4.78, 5) is 13.3. The van der Waals surface area contributed by atoms with E-state index in [9.17, 15) is 9.18 Å². The highest BCUT2D eigenvalue weighted by atomic mass is 19.1. The van der Waals surface area contributed by atoms with Crippen LogP contribution in [0.3, 0.4) is 0 Å². The van der Waals surface area contributed by atoms with Gasteiger partial charge in [-0.25, -0.2) is 4.39 Å². The van der Waals surface area contributed by atoms with Crippen LogP contribution in [-0.2, 0) is 11.3 Å². The Bertz CT molecular complexity index is 401. The second-order valence-electron chi connectivity index (χ2n) is 5.26. The largest absolute Gasteiger partial charge is 0.300 e. The standard InChI is InChI=1S/C15H20FNO/c1-12(18)2-3-14-8-9-17(11-14)10-13-4-6-15(16)7-5-13/h4-7,14H,2-3,8-11H2,1H3. The summed E-state index contributed by atoms with van der Waals surface area (Å²) >= 11 is 0. The van der Waals surface area contributed by atoms with Crippen LogP contribution in [0.2, 0.25) is 0 Å². The van der Waals surface area contributed by atoms with E-state index in [0.29, 0.717) is 12.3 Å². The number of likely N-dealkylation sites (tertiary alicyclic amines) is 1. The topological polar surface area (TPSA) is 20.3 Å². The average molecular weight is 249 g/mol. The van der Waals surface area contributed by atoms with Crippen molar-refractivity contribution in [3.63, 3.8) is 0 Å². The van der Waals surface area contributed by atoms with Crippen molar-refractivity contribution in [2.45, 2.75) is 32.7 Å². The number of rotatable bonds is 5. The number of hydrogen-bond donors (Lipinski definition) is 0. The number of halogens is 1. The fraction of sp³-hybridized carbons (Fsp3) is 0.533. The third-order valence-electron chi connectivity index (χ3n) is 3.59. The molecule has 1 unspecified atom stereocenters. The smallest absolute Gasteiger partial charge is 0.129 e. The highest BCUT2D eigenvalue weighted by Gasteiger charge is 2.22. The summed E-state index contributed by atoms with van der Waals surface area (Å²) in [6.07, 6.45) is 2.89. The predicted octanol–water partition coefficient (Wildman–Crippen LogP) is 3.02. The van der Waals surface area contributed by atoms with E-state index < -0.39 is 0 Å². The Hall–Kier alpha value is -1.22. The molecule has 1 aliphatic heterocycles.